The third-order valence-electron chi connectivity index (χ3n) is 3.84. The van der Waals surface area contributed by atoms with Gasteiger partial charge in [0.25, 0.3) is 5.91 Å². The molecule has 0 aromatic heterocycles. The number of para-hydroxylation sites is 1. The van der Waals surface area contributed by atoms with Gasteiger partial charge in [0.05, 0.1) is 24.4 Å². The fraction of sp³-hybridized carbons (Fsp3) is 0.300. The standard InChI is InChI=1S/C20H22BrClN2O4/c1-5-27-20-14(7-6-8-15(20)26-4)10-23-24-17(25)11-28-16-9-12(2)19(22)13(3)18(16)21/h6-10H,5,11H2,1-4H3,(H,24,25)/b23-10+. The Morgan fingerprint density at radius 3 is 2.71 bits per heavy atom. The first kappa shape index (κ1) is 22.0. The van der Waals surface area contributed by atoms with Gasteiger partial charge in [0, 0.05) is 10.6 Å². The first-order chi connectivity index (χ1) is 13.4. The van der Waals surface area contributed by atoms with Crippen LogP contribution in [-0.2, 0) is 4.79 Å². The summed E-state index contributed by atoms with van der Waals surface area (Å²) in [5.74, 6) is 1.32. The van der Waals surface area contributed by atoms with Gasteiger partial charge in [-0.25, -0.2) is 5.43 Å². The Hall–Kier alpha value is -2.25. The number of carbonyl (C=O) groups is 1. The van der Waals surface area contributed by atoms with E-state index in [2.05, 4.69) is 26.5 Å². The van der Waals surface area contributed by atoms with Crippen LogP contribution in [0.3, 0.4) is 0 Å². The number of hydrazone groups is 1. The SMILES string of the molecule is CCOc1c(/C=N/NC(=O)COc2cc(C)c(Cl)c(C)c2Br)cccc1OC. The van der Waals surface area contributed by atoms with Gasteiger partial charge in [0.2, 0.25) is 0 Å². The number of hydrogen-bond donors (Lipinski definition) is 1. The van der Waals surface area contributed by atoms with Crippen LogP contribution < -0.4 is 19.6 Å². The van der Waals surface area contributed by atoms with Crippen molar-refractivity contribution < 1.29 is 19.0 Å². The Balaban J connectivity index is 2.00. The second kappa shape index (κ2) is 10.3. The third-order valence-corrected chi connectivity index (χ3v) is 5.41. The fourth-order valence-electron chi connectivity index (χ4n) is 2.45. The van der Waals surface area contributed by atoms with Crippen LogP contribution in [0.25, 0.3) is 0 Å². The Labute approximate surface area is 177 Å². The molecule has 2 rings (SSSR count). The number of methoxy groups -OCH3 is 1. The van der Waals surface area contributed by atoms with Gasteiger partial charge < -0.3 is 14.2 Å². The van der Waals surface area contributed by atoms with Crippen molar-refractivity contribution in [3.05, 3.63) is 50.5 Å². The molecule has 1 N–H and O–H groups in total. The molecule has 0 bridgehead atoms. The maximum Gasteiger partial charge on any atom is 0.277 e. The van der Waals surface area contributed by atoms with Crippen LogP contribution in [0, 0.1) is 13.8 Å². The summed E-state index contributed by atoms with van der Waals surface area (Å²) in [5, 5.41) is 4.63. The van der Waals surface area contributed by atoms with Crippen molar-refractivity contribution in [2.45, 2.75) is 20.8 Å². The fourth-order valence-corrected chi connectivity index (χ4v) is 3.14. The van der Waals surface area contributed by atoms with Crippen molar-refractivity contribution in [1.82, 2.24) is 5.43 Å². The molecular formula is C20H22BrClN2O4. The lowest BCUT2D eigenvalue weighted by atomic mass is 10.1. The molecule has 8 heteroatoms. The van der Waals surface area contributed by atoms with Gasteiger partial charge in [-0.1, -0.05) is 17.7 Å². The second-order valence-corrected chi connectivity index (χ2v) is 7.01. The molecule has 0 fully saturated rings. The number of hydrogen-bond acceptors (Lipinski definition) is 5. The molecule has 0 aliphatic rings. The average molecular weight is 470 g/mol. The van der Waals surface area contributed by atoms with Crippen LogP contribution in [0.1, 0.15) is 23.6 Å². The van der Waals surface area contributed by atoms with E-state index >= 15 is 0 Å². The molecule has 0 saturated heterocycles. The molecule has 0 radical (unpaired) electrons. The minimum absolute atomic E-state index is 0.188. The van der Waals surface area contributed by atoms with Gasteiger partial charge in [0.15, 0.2) is 18.1 Å². The van der Waals surface area contributed by atoms with Gasteiger partial charge >= 0.3 is 0 Å². The first-order valence-corrected chi connectivity index (χ1v) is 9.75. The summed E-state index contributed by atoms with van der Waals surface area (Å²) in [5.41, 5.74) is 4.86. The molecule has 2 aromatic rings. The van der Waals surface area contributed by atoms with E-state index in [-0.39, 0.29) is 6.61 Å². The maximum atomic E-state index is 12.0. The molecule has 0 aliphatic heterocycles. The number of nitrogens with zero attached hydrogens (tertiary/aromatic N) is 1. The number of amides is 1. The molecule has 0 atom stereocenters. The van der Waals surface area contributed by atoms with E-state index in [9.17, 15) is 4.79 Å². The van der Waals surface area contributed by atoms with Crippen LogP contribution >= 0.6 is 27.5 Å². The second-order valence-electron chi connectivity index (χ2n) is 5.84. The normalized spacial score (nSPS) is 10.8. The molecule has 6 nitrogen and oxygen atoms in total. The zero-order chi connectivity index (χ0) is 20.7. The number of ether oxygens (including phenoxy) is 3. The summed E-state index contributed by atoms with van der Waals surface area (Å²) in [4.78, 5) is 12.0. The highest BCUT2D eigenvalue weighted by Crippen LogP contribution is 2.35. The van der Waals surface area contributed by atoms with Crippen molar-refractivity contribution >= 4 is 39.7 Å². The van der Waals surface area contributed by atoms with E-state index < -0.39 is 5.91 Å². The van der Waals surface area contributed by atoms with Crippen molar-refractivity contribution in [1.29, 1.82) is 0 Å². The van der Waals surface area contributed by atoms with Gasteiger partial charge in [-0.15, -0.1) is 0 Å². The van der Waals surface area contributed by atoms with Crippen molar-refractivity contribution in [2.24, 2.45) is 5.10 Å². The summed E-state index contributed by atoms with van der Waals surface area (Å²) in [6.45, 7) is 5.93. The molecule has 150 valence electrons. The molecule has 2 aromatic carbocycles. The number of nitrogens with one attached hydrogen (secondary N) is 1. The van der Waals surface area contributed by atoms with E-state index in [1.807, 2.05) is 32.9 Å². The van der Waals surface area contributed by atoms with E-state index in [4.69, 9.17) is 25.8 Å². The number of benzene rings is 2. The first-order valence-electron chi connectivity index (χ1n) is 8.58. The van der Waals surface area contributed by atoms with Gasteiger partial charge in [-0.3, -0.25) is 4.79 Å². The van der Waals surface area contributed by atoms with Crippen molar-refractivity contribution in [2.75, 3.05) is 20.3 Å². The quantitative estimate of drug-likeness (QED) is 0.451. The summed E-state index contributed by atoms with van der Waals surface area (Å²) >= 11 is 9.64. The number of carbonyl (C=O) groups excluding carboxylic acids is 1. The minimum atomic E-state index is -0.394. The van der Waals surface area contributed by atoms with E-state index in [1.54, 1.807) is 19.2 Å². The van der Waals surface area contributed by atoms with E-state index in [0.717, 1.165) is 15.6 Å². The van der Waals surface area contributed by atoms with Gasteiger partial charge in [0.1, 0.15) is 5.75 Å². The minimum Gasteiger partial charge on any atom is -0.493 e. The maximum absolute atomic E-state index is 12.0. The monoisotopic (exact) mass is 468 g/mol. The largest absolute Gasteiger partial charge is 0.493 e. The lowest BCUT2D eigenvalue weighted by Gasteiger charge is -2.12. The van der Waals surface area contributed by atoms with Crippen molar-refractivity contribution in [3.8, 4) is 17.2 Å². The predicted molar refractivity (Wildman–Crippen MR) is 114 cm³/mol. The van der Waals surface area contributed by atoms with Crippen LogP contribution in [0.4, 0.5) is 0 Å². The predicted octanol–water partition coefficient (Wildman–Crippen LogP) is 4.66. The summed E-state index contributed by atoms with van der Waals surface area (Å²) < 4.78 is 17.2. The zero-order valence-electron chi connectivity index (χ0n) is 16.1. The molecule has 28 heavy (non-hydrogen) atoms. The Kier molecular flexibility index (Phi) is 8.14. The molecule has 0 unspecified atom stereocenters. The molecule has 0 aliphatic carbocycles. The average Bonchev–Trinajstić information content (AvgIpc) is 2.69. The zero-order valence-corrected chi connectivity index (χ0v) is 18.5. The van der Waals surface area contributed by atoms with Crippen LogP contribution in [0.2, 0.25) is 5.02 Å². The Bertz CT molecular complexity index is 887. The Morgan fingerprint density at radius 2 is 2.04 bits per heavy atom. The van der Waals surface area contributed by atoms with Crippen LogP contribution in [0.5, 0.6) is 17.2 Å². The Morgan fingerprint density at radius 1 is 1.29 bits per heavy atom. The molecule has 1 amide bonds. The smallest absolute Gasteiger partial charge is 0.277 e. The number of aryl methyl sites for hydroxylation is 1. The van der Waals surface area contributed by atoms with E-state index in [1.165, 1.54) is 6.21 Å². The van der Waals surface area contributed by atoms with E-state index in [0.29, 0.717) is 34.4 Å². The van der Waals surface area contributed by atoms with Gasteiger partial charge in [-0.2, -0.15) is 5.10 Å². The van der Waals surface area contributed by atoms with Crippen molar-refractivity contribution in [3.63, 3.8) is 0 Å². The summed E-state index contributed by atoms with van der Waals surface area (Å²) in [6, 6.07) is 7.20. The highest BCUT2D eigenvalue weighted by atomic mass is 79.9. The molecule has 0 spiro atoms. The summed E-state index contributed by atoms with van der Waals surface area (Å²) in [7, 11) is 1.57. The number of rotatable bonds is 8. The molecule has 0 heterocycles. The lowest BCUT2D eigenvalue weighted by molar-refractivity contribution is -0.123. The topological polar surface area (TPSA) is 69.2 Å². The number of halogens is 2. The van der Waals surface area contributed by atoms with Gasteiger partial charge in [-0.05, 0) is 66.0 Å². The summed E-state index contributed by atoms with van der Waals surface area (Å²) in [6.07, 6.45) is 1.50. The third kappa shape index (κ3) is 5.39. The lowest BCUT2D eigenvalue weighted by Crippen LogP contribution is -2.24. The van der Waals surface area contributed by atoms with Crippen LogP contribution in [0.15, 0.2) is 33.8 Å². The van der Waals surface area contributed by atoms with Crippen LogP contribution in [-0.4, -0.2) is 32.4 Å². The highest BCUT2D eigenvalue weighted by Gasteiger charge is 2.12. The highest BCUT2D eigenvalue weighted by molar-refractivity contribution is 9.10. The molecule has 0 saturated carbocycles. The molecular weight excluding hydrogens is 448 g/mol.